The molecule has 2 bridgehead atoms. The molecule has 1 saturated heterocycles. The molecule has 3 unspecified atom stereocenters. The van der Waals surface area contributed by atoms with Gasteiger partial charge in [0.1, 0.15) is 11.9 Å². The first-order valence-corrected chi connectivity index (χ1v) is 11.8. The summed E-state index contributed by atoms with van der Waals surface area (Å²) in [6.45, 7) is 4.86. The predicted octanol–water partition coefficient (Wildman–Crippen LogP) is 2.05. The molecule has 0 spiro atoms. The summed E-state index contributed by atoms with van der Waals surface area (Å²) in [5, 5.41) is 0. The van der Waals surface area contributed by atoms with Crippen molar-refractivity contribution >= 4 is 15.8 Å². The summed E-state index contributed by atoms with van der Waals surface area (Å²) in [4.78, 5) is 20.9. The standard InChI is InChI=1S/C20H29N3O5S/c1-19(2)14-6-8-20(19,16(24)11-14)13-29(25,26)23-10-4-5-15(12-23)28-17-7-9-21-18(22-17)27-3/h7,9,14-15H,4-6,8,10-13H2,1-3H3. The maximum atomic E-state index is 13.3. The van der Waals surface area contributed by atoms with Gasteiger partial charge in [-0.3, -0.25) is 4.79 Å². The Morgan fingerprint density at radius 3 is 2.76 bits per heavy atom. The van der Waals surface area contributed by atoms with Crippen molar-refractivity contribution in [2.24, 2.45) is 16.7 Å². The summed E-state index contributed by atoms with van der Waals surface area (Å²) in [5.74, 6) is 0.706. The minimum absolute atomic E-state index is 0.0869. The number of hydrogen-bond donors (Lipinski definition) is 0. The number of Topliss-reactive ketones (excluding diaryl/α,β-unsaturated/α-hetero) is 1. The lowest BCUT2D eigenvalue weighted by Gasteiger charge is -2.39. The molecule has 8 nitrogen and oxygen atoms in total. The lowest BCUT2D eigenvalue weighted by molar-refractivity contribution is -0.128. The van der Waals surface area contributed by atoms with Gasteiger partial charge in [0.05, 0.1) is 19.4 Å². The largest absolute Gasteiger partial charge is 0.473 e. The number of rotatable bonds is 6. The van der Waals surface area contributed by atoms with E-state index in [9.17, 15) is 13.2 Å². The number of nitrogens with zero attached hydrogens (tertiary/aromatic N) is 3. The van der Waals surface area contributed by atoms with Crippen molar-refractivity contribution in [3.8, 4) is 11.9 Å². The molecular formula is C20H29N3O5S. The Balaban J connectivity index is 1.48. The van der Waals surface area contributed by atoms with Crippen LogP contribution in [0.1, 0.15) is 46.0 Å². The van der Waals surface area contributed by atoms with Gasteiger partial charge in [0, 0.05) is 30.6 Å². The summed E-state index contributed by atoms with van der Waals surface area (Å²) in [5.41, 5.74) is -1.01. The molecular weight excluding hydrogens is 394 g/mol. The highest BCUT2D eigenvalue weighted by Gasteiger charge is 2.65. The fraction of sp³-hybridized carbons (Fsp3) is 0.750. The highest BCUT2D eigenvalue weighted by molar-refractivity contribution is 7.89. The number of ketones is 1. The number of methoxy groups -OCH3 is 1. The molecule has 4 rings (SSSR count). The molecule has 0 amide bonds. The third kappa shape index (κ3) is 3.42. The maximum absolute atomic E-state index is 13.3. The zero-order valence-electron chi connectivity index (χ0n) is 17.3. The number of piperidine rings is 1. The summed E-state index contributed by atoms with van der Waals surface area (Å²) in [7, 11) is -2.10. The van der Waals surface area contributed by atoms with E-state index in [0.29, 0.717) is 37.6 Å². The van der Waals surface area contributed by atoms with Crippen molar-refractivity contribution in [2.45, 2.75) is 52.1 Å². The quantitative estimate of drug-likeness (QED) is 0.690. The normalized spacial score (nSPS) is 31.8. The van der Waals surface area contributed by atoms with Crippen LogP contribution in [0.3, 0.4) is 0 Å². The first-order chi connectivity index (χ1) is 13.7. The van der Waals surface area contributed by atoms with Crippen LogP contribution in [-0.2, 0) is 14.8 Å². The Morgan fingerprint density at radius 2 is 2.10 bits per heavy atom. The SMILES string of the molecule is COc1nccc(OC2CCCN(S(=O)(=O)CC34CCC(CC3=O)C4(C)C)C2)n1. The van der Waals surface area contributed by atoms with Crippen LogP contribution in [0.2, 0.25) is 0 Å². The molecule has 160 valence electrons. The maximum Gasteiger partial charge on any atom is 0.319 e. The predicted molar refractivity (Wildman–Crippen MR) is 106 cm³/mol. The van der Waals surface area contributed by atoms with Gasteiger partial charge in [-0.15, -0.1) is 0 Å². The van der Waals surface area contributed by atoms with Crippen LogP contribution in [0.25, 0.3) is 0 Å². The number of carbonyl (C=O) groups is 1. The molecule has 1 aliphatic heterocycles. The van der Waals surface area contributed by atoms with Gasteiger partial charge in [-0.05, 0) is 37.0 Å². The van der Waals surface area contributed by atoms with E-state index in [1.807, 2.05) is 0 Å². The number of fused-ring (bicyclic) bond motifs is 2. The third-order valence-electron chi connectivity index (χ3n) is 7.38. The van der Waals surface area contributed by atoms with E-state index in [1.165, 1.54) is 11.4 Å². The molecule has 3 atom stereocenters. The molecule has 29 heavy (non-hydrogen) atoms. The molecule has 0 aromatic carbocycles. The second kappa shape index (κ2) is 7.19. The van der Waals surface area contributed by atoms with E-state index in [1.54, 1.807) is 12.3 Å². The third-order valence-corrected chi connectivity index (χ3v) is 9.36. The Labute approximate surface area is 172 Å². The van der Waals surface area contributed by atoms with Crippen LogP contribution in [0.5, 0.6) is 11.9 Å². The molecule has 9 heteroatoms. The van der Waals surface area contributed by atoms with Crippen LogP contribution in [0.4, 0.5) is 0 Å². The van der Waals surface area contributed by atoms with E-state index in [-0.39, 0.29) is 35.6 Å². The van der Waals surface area contributed by atoms with E-state index in [2.05, 4.69) is 23.8 Å². The van der Waals surface area contributed by atoms with Crippen LogP contribution in [-0.4, -0.2) is 60.5 Å². The lowest BCUT2D eigenvalue weighted by atomic mass is 9.70. The van der Waals surface area contributed by atoms with Gasteiger partial charge in [0.15, 0.2) is 0 Å². The molecule has 3 aliphatic rings. The Kier molecular flexibility index (Phi) is 5.09. The van der Waals surface area contributed by atoms with E-state index < -0.39 is 15.4 Å². The van der Waals surface area contributed by atoms with Gasteiger partial charge in [-0.25, -0.2) is 13.4 Å². The average Bonchev–Trinajstić information content (AvgIpc) is 3.02. The summed E-state index contributed by atoms with van der Waals surface area (Å²) in [6, 6.07) is 1.84. The fourth-order valence-electron chi connectivity index (χ4n) is 5.42. The monoisotopic (exact) mass is 423 g/mol. The smallest absolute Gasteiger partial charge is 0.319 e. The van der Waals surface area contributed by atoms with Crippen molar-refractivity contribution in [3.63, 3.8) is 0 Å². The Hall–Kier alpha value is -1.74. The number of hydrogen-bond acceptors (Lipinski definition) is 7. The average molecular weight is 424 g/mol. The molecule has 2 saturated carbocycles. The second-order valence-corrected chi connectivity index (χ2v) is 11.0. The lowest BCUT2D eigenvalue weighted by Crippen LogP contribution is -2.50. The number of ether oxygens (including phenoxy) is 2. The molecule has 2 aliphatic carbocycles. The molecule has 3 fully saturated rings. The van der Waals surface area contributed by atoms with Gasteiger partial charge < -0.3 is 9.47 Å². The highest BCUT2D eigenvalue weighted by atomic mass is 32.2. The highest BCUT2D eigenvalue weighted by Crippen LogP contribution is 2.64. The van der Waals surface area contributed by atoms with Crippen molar-refractivity contribution in [3.05, 3.63) is 12.3 Å². The van der Waals surface area contributed by atoms with Crippen molar-refractivity contribution < 1.29 is 22.7 Å². The zero-order chi connectivity index (χ0) is 20.9. The first-order valence-electron chi connectivity index (χ1n) is 10.2. The van der Waals surface area contributed by atoms with E-state index in [4.69, 9.17) is 9.47 Å². The van der Waals surface area contributed by atoms with Crippen LogP contribution < -0.4 is 9.47 Å². The minimum atomic E-state index is -3.58. The molecule has 2 heterocycles. The summed E-state index contributed by atoms with van der Waals surface area (Å²) in [6.07, 6.45) is 4.84. The minimum Gasteiger partial charge on any atom is -0.473 e. The Morgan fingerprint density at radius 1 is 1.31 bits per heavy atom. The molecule has 1 aromatic heterocycles. The van der Waals surface area contributed by atoms with Gasteiger partial charge in [0.2, 0.25) is 15.9 Å². The van der Waals surface area contributed by atoms with Crippen LogP contribution in [0, 0.1) is 16.7 Å². The number of carbonyl (C=O) groups excluding carboxylic acids is 1. The van der Waals surface area contributed by atoms with Gasteiger partial charge in [-0.2, -0.15) is 9.29 Å². The van der Waals surface area contributed by atoms with E-state index >= 15 is 0 Å². The van der Waals surface area contributed by atoms with Gasteiger partial charge in [0.25, 0.3) is 0 Å². The number of aromatic nitrogens is 2. The molecule has 1 aromatic rings. The fourth-order valence-corrected chi connectivity index (χ4v) is 7.71. The summed E-state index contributed by atoms with van der Waals surface area (Å²) >= 11 is 0. The van der Waals surface area contributed by atoms with Crippen molar-refractivity contribution in [2.75, 3.05) is 26.0 Å². The first kappa shape index (κ1) is 20.5. The summed E-state index contributed by atoms with van der Waals surface area (Å²) < 4.78 is 39.1. The zero-order valence-corrected chi connectivity index (χ0v) is 18.1. The van der Waals surface area contributed by atoms with E-state index in [0.717, 1.165) is 12.8 Å². The van der Waals surface area contributed by atoms with Crippen LogP contribution >= 0.6 is 0 Å². The second-order valence-electron chi connectivity index (χ2n) is 9.04. The topological polar surface area (TPSA) is 98.7 Å². The Bertz CT molecular complexity index is 903. The van der Waals surface area contributed by atoms with Crippen molar-refractivity contribution in [1.29, 1.82) is 0 Å². The van der Waals surface area contributed by atoms with Gasteiger partial charge >= 0.3 is 6.01 Å². The van der Waals surface area contributed by atoms with Gasteiger partial charge in [-0.1, -0.05) is 13.8 Å². The molecule has 0 N–H and O–H groups in total. The van der Waals surface area contributed by atoms with Crippen LogP contribution in [0.15, 0.2) is 12.3 Å². The van der Waals surface area contributed by atoms with Crippen molar-refractivity contribution in [1.82, 2.24) is 14.3 Å². The molecule has 0 radical (unpaired) electrons. The number of sulfonamides is 1.